The summed E-state index contributed by atoms with van der Waals surface area (Å²) in [6.45, 7) is -0.136. The molecule has 0 aliphatic rings. The van der Waals surface area contributed by atoms with Crippen molar-refractivity contribution in [3.63, 3.8) is 0 Å². The van der Waals surface area contributed by atoms with Gasteiger partial charge in [0.2, 0.25) is 5.91 Å². The summed E-state index contributed by atoms with van der Waals surface area (Å²) in [6.07, 6.45) is 0. The molecule has 1 aromatic heterocycles. The van der Waals surface area contributed by atoms with Crippen LogP contribution in [-0.4, -0.2) is 32.8 Å². The molecule has 0 bridgehead atoms. The maximum atomic E-state index is 13.7. The van der Waals surface area contributed by atoms with Gasteiger partial charge < -0.3 is 4.90 Å². The molecule has 0 fully saturated rings. The lowest BCUT2D eigenvalue weighted by molar-refractivity contribution is -0.131. The Hall–Kier alpha value is -3.09. The summed E-state index contributed by atoms with van der Waals surface area (Å²) in [6, 6.07) is 13.0. The van der Waals surface area contributed by atoms with Crippen molar-refractivity contribution >= 4 is 16.8 Å². The molecule has 0 unspecified atom stereocenters. The highest BCUT2D eigenvalue weighted by atomic mass is 19.1. The Labute approximate surface area is 137 Å². The number of halogens is 1. The zero-order valence-corrected chi connectivity index (χ0v) is 13.0. The predicted molar refractivity (Wildman–Crippen MR) is 86.7 cm³/mol. The Morgan fingerprint density at radius 1 is 1.17 bits per heavy atom. The molecule has 0 radical (unpaired) electrons. The molecule has 1 amide bonds. The number of nitrogens with zero attached hydrogens (tertiary/aromatic N) is 4. The summed E-state index contributed by atoms with van der Waals surface area (Å²) >= 11 is 0. The number of fused-ring (bicyclic) bond motifs is 1. The average molecular weight is 326 g/mol. The normalized spacial score (nSPS) is 10.8. The topological polar surface area (TPSA) is 68.1 Å². The van der Waals surface area contributed by atoms with Crippen LogP contribution in [0.1, 0.15) is 5.56 Å². The number of aromatic nitrogens is 3. The number of carbonyl (C=O) groups excluding carboxylic acids is 1. The lowest BCUT2D eigenvalue weighted by Crippen LogP contribution is -2.35. The minimum Gasteiger partial charge on any atom is -0.340 e. The van der Waals surface area contributed by atoms with Gasteiger partial charge in [0.1, 0.15) is 17.9 Å². The van der Waals surface area contributed by atoms with Crippen LogP contribution in [0, 0.1) is 5.82 Å². The van der Waals surface area contributed by atoms with Crippen molar-refractivity contribution in [2.75, 3.05) is 7.05 Å². The molecule has 24 heavy (non-hydrogen) atoms. The Morgan fingerprint density at radius 3 is 2.67 bits per heavy atom. The van der Waals surface area contributed by atoms with E-state index in [2.05, 4.69) is 10.3 Å². The SMILES string of the molecule is CN(Cc1ccccc1F)C(=O)Cn1nnc2ccccc2c1=O. The molecule has 0 spiro atoms. The Bertz CT molecular complexity index is 954. The first-order valence-corrected chi connectivity index (χ1v) is 7.36. The van der Waals surface area contributed by atoms with Crippen molar-refractivity contribution in [3.05, 3.63) is 70.3 Å². The molecular weight excluding hydrogens is 311 g/mol. The molecule has 2 aromatic carbocycles. The van der Waals surface area contributed by atoms with Crippen LogP contribution in [0.5, 0.6) is 0 Å². The number of rotatable bonds is 4. The van der Waals surface area contributed by atoms with Gasteiger partial charge in [-0.1, -0.05) is 35.5 Å². The predicted octanol–water partition coefficient (Wildman–Crippen LogP) is 1.59. The highest BCUT2D eigenvalue weighted by molar-refractivity contribution is 5.78. The molecule has 7 heteroatoms. The summed E-state index contributed by atoms with van der Waals surface area (Å²) in [5.74, 6) is -0.732. The second-order valence-corrected chi connectivity index (χ2v) is 5.41. The summed E-state index contributed by atoms with van der Waals surface area (Å²) in [5, 5.41) is 8.12. The molecule has 6 nitrogen and oxygen atoms in total. The summed E-state index contributed by atoms with van der Waals surface area (Å²) in [5.41, 5.74) is 0.504. The van der Waals surface area contributed by atoms with E-state index in [0.29, 0.717) is 16.5 Å². The molecule has 0 aliphatic carbocycles. The largest absolute Gasteiger partial charge is 0.340 e. The molecule has 0 N–H and O–H groups in total. The second-order valence-electron chi connectivity index (χ2n) is 5.41. The van der Waals surface area contributed by atoms with Crippen molar-refractivity contribution in [2.45, 2.75) is 13.1 Å². The number of benzene rings is 2. The highest BCUT2D eigenvalue weighted by Crippen LogP contribution is 2.09. The maximum absolute atomic E-state index is 13.7. The van der Waals surface area contributed by atoms with Crippen molar-refractivity contribution in [3.8, 4) is 0 Å². The van der Waals surface area contributed by atoms with E-state index in [1.54, 1.807) is 49.5 Å². The van der Waals surface area contributed by atoms with E-state index in [4.69, 9.17) is 0 Å². The lowest BCUT2D eigenvalue weighted by atomic mass is 10.2. The van der Waals surface area contributed by atoms with E-state index in [1.807, 2.05) is 0 Å². The van der Waals surface area contributed by atoms with E-state index < -0.39 is 0 Å². The lowest BCUT2D eigenvalue weighted by Gasteiger charge is -2.17. The number of amides is 1. The van der Waals surface area contributed by atoms with Crippen molar-refractivity contribution in [1.29, 1.82) is 0 Å². The average Bonchev–Trinajstić information content (AvgIpc) is 2.59. The van der Waals surface area contributed by atoms with Gasteiger partial charge in [0.15, 0.2) is 0 Å². The van der Waals surface area contributed by atoms with Gasteiger partial charge in [-0.3, -0.25) is 9.59 Å². The van der Waals surface area contributed by atoms with Crippen LogP contribution >= 0.6 is 0 Å². The Kier molecular flexibility index (Phi) is 4.33. The molecule has 122 valence electrons. The fourth-order valence-corrected chi connectivity index (χ4v) is 2.35. The first-order valence-electron chi connectivity index (χ1n) is 7.36. The van der Waals surface area contributed by atoms with E-state index in [1.165, 1.54) is 11.0 Å². The second kappa shape index (κ2) is 6.57. The van der Waals surface area contributed by atoms with Crippen molar-refractivity contribution < 1.29 is 9.18 Å². The highest BCUT2D eigenvalue weighted by Gasteiger charge is 2.14. The van der Waals surface area contributed by atoms with Crippen LogP contribution in [0.2, 0.25) is 0 Å². The third-order valence-electron chi connectivity index (χ3n) is 3.71. The molecule has 1 heterocycles. The Morgan fingerprint density at radius 2 is 1.88 bits per heavy atom. The fourth-order valence-electron chi connectivity index (χ4n) is 2.35. The van der Waals surface area contributed by atoms with E-state index >= 15 is 0 Å². The van der Waals surface area contributed by atoms with Crippen LogP contribution in [0.3, 0.4) is 0 Å². The van der Waals surface area contributed by atoms with Crippen molar-refractivity contribution in [2.24, 2.45) is 0 Å². The number of carbonyl (C=O) groups is 1. The smallest absolute Gasteiger partial charge is 0.278 e. The fraction of sp³-hybridized carbons (Fsp3) is 0.176. The molecule has 0 aliphatic heterocycles. The van der Waals surface area contributed by atoms with Gasteiger partial charge in [-0.25, -0.2) is 9.07 Å². The molecule has 0 saturated carbocycles. The first kappa shape index (κ1) is 15.8. The zero-order valence-electron chi connectivity index (χ0n) is 13.0. The van der Waals surface area contributed by atoms with Crippen LogP contribution in [-0.2, 0) is 17.9 Å². The third-order valence-corrected chi connectivity index (χ3v) is 3.71. The minimum absolute atomic E-state index is 0.112. The Balaban J connectivity index is 1.78. The molecule has 0 saturated heterocycles. The summed E-state index contributed by atoms with van der Waals surface area (Å²) in [7, 11) is 1.55. The monoisotopic (exact) mass is 326 g/mol. The summed E-state index contributed by atoms with van der Waals surface area (Å²) < 4.78 is 14.7. The van der Waals surface area contributed by atoms with Gasteiger partial charge in [-0.15, -0.1) is 5.10 Å². The van der Waals surface area contributed by atoms with Gasteiger partial charge in [0, 0.05) is 19.2 Å². The number of hydrogen-bond donors (Lipinski definition) is 0. The van der Waals surface area contributed by atoms with Gasteiger partial charge in [-0.05, 0) is 18.2 Å². The van der Waals surface area contributed by atoms with Gasteiger partial charge >= 0.3 is 0 Å². The summed E-state index contributed by atoms with van der Waals surface area (Å²) in [4.78, 5) is 26.0. The van der Waals surface area contributed by atoms with Gasteiger partial charge in [-0.2, -0.15) is 0 Å². The number of likely N-dealkylation sites (N-methyl/N-ethyl adjacent to an activating group) is 1. The van der Waals surface area contributed by atoms with Gasteiger partial charge in [0.25, 0.3) is 5.56 Å². The van der Waals surface area contributed by atoms with Crippen molar-refractivity contribution in [1.82, 2.24) is 19.9 Å². The maximum Gasteiger partial charge on any atom is 0.278 e. The van der Waals surface area contributed by atoms with Crippen LogP contribution < -0.4 is 5.56 Å². The molecule has 3 aromatic rings. The van der Waals surface area contributed by atoms with E-state index in [0.717, 1.165) is 4.68 Å². The first-order chi connectivity index (χ1) is 11.6. The molecule has 0 atom stereocenters. The molecular formula is C17H15FN4O2. The third kappa shape index (κ3) is 3.15. The molecule has 3 rings (SSSR count). The van der Waals surface area contributed by atoms with Gasteiger partial charge in [0.05, 0.1) is 5.39 Å². The van der Waals surface area contributed by atoms with E-state index in [9.17, 15) is 14.0 Å². The van der Waals surface area contributed by atoms with E-state index in [-0.39, 0.29) is 30.4 Å². The van der Waals surface area contributed by atoms with Crippen LogP contribution in [0.25, 0.3) is 10.9 Å². The zero-order chi connectivity index (χ0) is 17.1. The van der Waals surface area contributed by atoms with Crippen LogP contribution in [0.4, 0.5) is 4.39 Å². The van der Waals surface area contributed by atoms with Crippen LogP contribution in [0.15, 0.2) is 53.3 Å². The standard InChI is InChI=1S/C17H15FN4O2/c1-21(10-12-6-2-4-8-14(12)18)16(23)11-22-17(24)13-7-3-5-9-15(13)19-20-22/h2-9H,10-11H2,1H3. The quantitative estimate of drug-likeness (QED) is 0.730. The minimum atomic E-state index is -0.381. The number of hydrogen-bond acceptors (Lipinski definition) is 4.